The van der Waals surface area contributed by atoms with Crippen LogP contribution in [0.25, 0.3) is 11.1 Å². The van der Waals surface area contributed by atoms with E-state index in [1.165, 1.54) is 0 Å². The molecule has 0 fully saturated rings. The van der Waals surface area contributed by atoms with Crippen LogP contribution >= 0.6 is 0 Å². The van der Waals surface area contributed by atoms with Gasteiger partial charge in [0.1, 0.15) is 11.8 Å². The molecular formula is C27H29N3O4. The van der Waals surface area contributed by atoms with Gasteiger partial charge in [-0.3, -0.25) is 25.2 Å². The van der Waals surface area contributed by atoms with Crippen molar-refractivity contribution in [1.82, 2.24) is 16.2 Å². The molecule has 0 bridgehead atoms. The molecule has 0 aliphatic heterocycles. The van der Waals surface area contributed by atoms with E-state index >= 15 is 0 Å². The summed E-state index contributed by atoms with van der Waals surface area (Å²) in [4.78, 5) is 37.4. The van der Waals surface area contributed by atoms with Gasteiger partial charge in [0.05, 0.1) is 0 Å². The van der Waals surface area contributed by atoms with E-state index < -0.39 is 17.9 Å². The van der Waals surface area contributed by atoms with Crippen LogP contribution in [0, 0.1) is 5.92 Å². The Kier molecular flexibility index (Phi) is 8.80. The molecule has 7 heteroatoms. The number of hydrazine groups is 1. The molecule has 0 aliphatic carbocycles. The van der Waals surface area contributed by atoms with Crippen LogP contribution in [-0.4, -0.2) is 24.3 Å². The number of rotatable bonds is 9. The maximum absolute atomic E-state index is 12.8. The Balaban J connectivity index is 1.59. The van der Waals surface area contributed by atoms with Gasteiger partial charge in [0.2, 0.25) is 5.91 Å². The molecule has 1 atom stereocenters. The largest absolute Gasteiger partial charge is 0.483 e. The lowest BCUT2D eigenvalue weighted by molar-refractivity contribution is -0.133. The van der Waals surface area contributed by atoms with Crippen LogP contribution in [0.3, 0.4) is 0 Å². The van der Waals surface area contributed by atoms with Crippen LogP contribution in [-0.2, 0) is 14.4 Å². The zero-order valence-electron chi connectivity index (χ0n) is 19.3. The second-order valence-electron chi connectivity index (χ2n) is 8.20. The Morgan fingerprint density at radius 2 is 1.38 bits per heavy atom. The van der Waals surface area contributed by atoms with Gasteiger partial charge in [-0.2, -0.15) is 0 Å². The second kappa shape index (κ2) is 12.2. The topological polar surface area (TPSA) is 96.5 Å². The van der Waals surface area contributed by atoms with Crippen LogP contribution in [0.5, 0.6) is 5.75 Å². The predicted octanol–water partition coefficient (Wildman–Crippen LogP) is 3.78. The highest BCUT2D eigenvalue weighted by atomic mass is 16.5. The smallest absolute Gasteiger partial charge is 0.276 e. The van der Waals surface area contributed by atoms with Crippen molar-refractivity contribution < 1.29 is 19.1 Å². The van der Waals surface area contributed by atoms with E-state index in [0.717, 1.165) is 11.1 Å². The van der Waals surface area contributed by atoms with Crippen LogP contribution in [0.4, 0.5) is 0 Å². The number of para-hydroxylation sites is 1. The third kappa shape index (κ3) is 7.20. The van der Waals surface area contributed by atoms with Gasteiger partial charge in [-0.25, -0.2) is 0 Å². The van der Waals surface area contributed by atoms with Crippen LogP contribution < -0.4 is 20.9 Å². The van der Waals surface area contributed by atoms with Crippen LogP contribution in [0.2, 0.25) is 0 Å². The molecule has 0 aromatic heterocycles. The fourth-order valence-corrected chi connectivity index (χ4v) is 3.37. The third-order valence-electron chi connectivity index (χ3n) is 4.95. The zero-order chi connectivity index (χ0) is 24.3. The molecule has 3 amide bonds. The molecule has 34 heavy (non-hydrogen) atoms. The van der Waals surface area contributed by atoms with Crippen molar-refractivity contribution in [3.8, 4) is 16.9 Å². The lowest BCUT2D eigenvalue weighted by Crippen LogP contribution is -2.49. The zero-order valence-corrected chi connectivity index (χ0v) is 19.3. The van der Waals surface area contributed by atoms with E-state index in [1.807, 2.05) is 68.4 Å². The maximum atomic E-state index is 12.8. The lowest BCUT2D eigenvalue weighted by atomic mass is 10.0. The summed E-state index contributed by atoms with van der Waals surface area (Å²) in [5.74, 6) is -0.627. The first-order valence-electron chi connectivity index (χ1n) is 11.1. The summed E-state index contributed by atoms with van der Waals surface area (Å²) in [6.45, 7) is 3.56. The van der Waals surface area contributed by atoms with Gasteiger partial charge in [-0.15, -0.1) is 0 Å². The standard InChI is InChI=1S/C27H29N3O4/c1-19(2)17-24(31)28-26(21-13-7-4-8-14-21)27(33)30-29-25(32)18-34-23-16-10-9-15-22(23)20-11-5-3-6-12-20/h3-16,19,26H,17-18H2,1-2H3,(H,28,31)(H,29,32)(H,30,33). The SMILES string of the molecule is CC(C)CC(=O)NC(C(=O)NNC(=O)COc1ccccc1-c1ccccc1)c1ccccc1. The number of carbonyl (C=O) groups excluding carboxylic acids is 3. The molecule has 3 rings (SSSR count). The van der Waals surface area contributed by atoms with E-state index in [9.17, 15) is 14.4 Å². The molecule has 176 valence electrons. The molecule has 3 aromatic rings. The summed E-state index contributed by atoms with van der Waals surface area (Å²) in [6, 6.07) is 25.0. The van der Waals surface area contributed by atoms with E-state index in [-0.39, 0.29) is 24.9 Å². The van der Waals surface area contributed by atoms with Crippen molar-refractivity contribution in [2.75, 3.05) is 6.61 Å². The highest BCUT2D eigenvalue weighted by Crippen LogP contribution is 2.29. The van der Waals surface area contributed by atoms with E-state index in [4.69, 9.17) is 4.74 Å². The summed E-state index contributed by atoms with van der Waals surface area (Å²) in [7, 11) is 0. The van der Waals surface area contributed by atoms with Crippen LogP contribution in [0.15, 0.2) is 84.9 Å². The molecule has 7 nitrogen and oxygen atoms in total. The Labute approximate surface area is 199 Å². The fraction of sp³-hybridized carbons (Fsp3) is 0.222. The maximum Gasteiger partial charge on any atom is 0.276 e. The normalized spacial score (nSPS) is 11.4. The quantitative estimate of drug-likeness (QED) is 0.424. The number of carbonyl (C=O) groups is 3. The minimum atomic E-state index is -0.938. The number of amides is 3. The molecule has 0 spiro atoms. The van der Waals surface area contributed by atoms with Gasteiger partial charge in [0.15, 0.2) is 6.61 Å². The Morgan fingerprint density at radius 3 is 2.06 bits per heavy atom. The molecule has 0 saturated carbocycles. The first-order chi connectivity index (χ1) is 16.4. The van der Waals surface area contributed by atoms with Crippen LogP contribution in [0.1, 0.15) is 31.9 Å². The summed E-state index contributed by atoms with van der Waals surface area (Å²) in [6.07, 6.45) is 0.289. The van der Waals surface area contributed by atoms with Gasteiger partial charge >= 0.3 is 0 Å². The van der Waals surface area contributed by atoms with E-state index in [1.54, 1.807) is 30.3 Å². The number of hydrogen-bond acceptors (Lipinski definition) is 4. The summed E-state index contributed by atoms with van der Waals surface area (Å²) < 4.78 is 5.71. The fourth-order valence-electron chi connectivity index (χ4n) is 3.37. The highest BCUT2D eigenvalue weighted by Gasteiger charge is 2.23. The predicted molar refractivity (Wildman–Crippen MR) is 130 cm³/mol. The van der Waals surface area contributed by atoms with Crippen molar-refractivity contribution in [3.05, 3.63) is 90.5 Å². The van der Waals surface area contributed by atoms with Crippen molar-refractivity contribution in [2.45, 2.75) is 26.3 Å². The number of hydrogen-bond donors (Lipinski definition) is 3. The van der Waals surface area contributed by atoms with Crippen molar-refractivity contribution in [3.63, 3.8) is 0 Å². The van der Waals surface area contributed by atoms with Gasteiger partial charge in [-0.05, 0) is 23.1 Å². The molecule has 0 aliphatic rings. The Morgan fingerprint density at radius 1 is 0.765 bits per heavy atom. The van der Waals surface area contributed by atoms with E-state index in [2.05, 4.69) is 16.2 Å². The number of nitrogens with one attached hydrogen (secondary N) is 3. The van der Waals surface area contributed by atoms with Gasteiger partial charge < -0.3 is 10.1 Å². The van der Waals surface area contributed by atoms with Crippen molar-refractivity contribution >= 4 is 17.7 Å². The molecule has 0 radical (unpaired) electrons. The average Bonchev–Trinajstić information content (AvgIpc) is 2.85. The molecule has 3 N–H and O–H groups in total. The highest BCUT2D eigenvalue weighted by molar-refractivity contribution is 5.90. The second-order valence-corrected chi connectivity index (χ2v) is 8.20. The molecule has 3 aromatic carbocycles. The summed E-state index contributed by atoms with van der Waals surface area (Å²) in [5, 5.41) is 2.74. The van der Waals surface area contributed by atoms with Crippen molar-refractivity contribution in [2.24, 2.45) is 5.92 Å². The Bertz CT molecular complexity index is 1100. The monoisotopic (exact) mass is 459 g/mol. The lowest BCUT2D eigenvalue weighted by Gasteiger charge is -2.20. The first kappa shape index (κ1) is 24.5. The van der Waals surface area contributed by atoms with Gasteiger partial charge in [-0.1, -0.05) is 92.7 Å². The van der Waals surface area contributed by atoms with Crippen molar-refractivity contribution in [1.29, 1.82) is 0 Å². The molecule has 0 heterocycles. The minimum Gasteiger partial charge on any atom is -0.483 e. The number of benzene rings is 3. The Hall–Kier alpha value is -4.13. The summed E-state index contributed by atoms with van der Waals surface area (Å²) in [5.41, 5.74) is 7.19. The molecule has 0 saturated heterocycles. The third-order valence-corrected chi connectivity index (χ3v) is 4.95. The van der Waals surface area contributed by atoms with E-state index in [0.29, 0.717) is 11.3 Å². The van der Waals surface area contributed by atoms with Gasteiger partial charge in [0, 0.05) is 12.0 Å². The first-order valence-corrected chi connectivity index (χ1v) is 11.1. The minimum absolute atomic E-state index is 0.148. The molecular weight excluding hydrogens is 430 g/mol. The van der Waals surface area contributed by atoms with Gasteiger partial charge in [0.25, 0.3) is 11.8 Å². The molecule has 1 unspecified atom stereocenters. The summed E-state index contributed by atoms with van der Waals surface area (Å²) >= 11 is 0. The number of ether oxygens (including phenoxy) is 1. The average molecular weight is 460 g/mol.